The lowest BCUT2D eigenvalue weighted by molar-refractivity contribution is -0.148. The largest absolute Gasteiger partial charge is 0.401 e. The van der Waals surface area contributed by atoms with Gasteiger partial charge in [-0.2, -0.15) is 13.2 Å². The van der Waals surface area contributed by atoms with Crippen LogP contribution in [0.4, 0.5) is 13.2 Å². The van der Waals surface area contributed by atoms with Crippen LogP contribution in [0, 0.1) is 12.8 Å². The van der Waals surface area contributed by atoms with Gasteiger partial charge in [-0.1, -0.05) is 12.1 Å². The Balaban J connectivity index is 1.69. The van der Waals surface area contributed by atoms with Crippen molar-refractivity contribution in [3.8, 4) is 0 Å². The lowest BCUT2D eigenvalue weighted by atomic mass is 9.93. The highest BCUT2D eigenvalue weighted by molar-refractivity contribution is 7.98. The number of aliphatic imine (C=N–C) groups is 1. The number of thioether (sulfide) groups is 1. The molecule has 1 aromatic rings. The Kier molecular flexibility index (Phi) is 8.95. The number of nitrogens with zero attached hydrogens (tertiary/aromatic N) is 2. The maximum absolute atomic E-state index is 12.5. The SMILES string of the molecule is CN=C(NCCC1CCN(CC(F)(F)F)CC1)NCc1ccc(C)cc1SC. The molecule has 1 aromatic carbocycles. The number of nitrogens with one attached hydrogen (secondary N) is 2. The summed E-state index contributed by atoms with van der Waals surface area (Å²) in [4.78, 5) is 7.03. The van der Waals surface area contributed by atoms with E-state index in [0.29, 0.717) is 25.6 Å². The summed E-state index contributed by atoms with van der Waals surface area (Å²) in [6.45, 7) is 3.83. The fraction of sp³-hybridized carbons (Fsp3) is 0.650. The van der Waals surface area contributed by atoms with Gasteiger partial charge in [-0.25, -0.2) is 0 Å². The van der Waals surface area contributed by atoms with Gasteiger partial charge in [0.15, 0.2) is 5.96 Å². The molecule has 0 amide bonds. The van der Waals surface area contributed by atoms with Crippen LogP contribution >= 0.6 is 11.8 Å². The number of piperidine rings is 1. The molecule has 1 heterocycles. The Morgan fingerprint density at radius 1 is 1.25 bits per heavy atom. The molecule has 1 fully saturated rings. The zero-order chi connectivity index (χ0) is 20.6. The van der Waals surface area contributed by atoms with E-state index in [4.69, 9.17) is 0 Å². The molecular weight excluding hydrogens is 385 g/mol. The molecule has 0 aromatic heterocycles. The fourth-order valence-corrected chi connectivity index (χ4v) is 4.18. The van der Waals surface area contributed by atoms with Crippen molar-refractivity contribution in [3.05, 3.63) is 29.3 Å². The van der Waals surface area contributed by atoms with Crippen molar-refractivity contribution in [2.24, 2.45) is 10.9 Å². The maximum Gasteiger partial charge on any atom is 0.401 e. The van der Waals surface area contributed by atoms with Gasteiger partial charge >= 0.3 is 6.18 Å². The first kappa shape index (κ1) is 22.9. The van der Waals surface area contributed by atoms with Gasteiger partial charge in [0, 0.05) is 25.0 Å². The minimum absolute atomic E-state index is 0.468. The number of rotatable bonds is 7. The zero-order valence-corrected chi connectivity index (χ0v) is 17.7. The van der Waals surface area contributed by atoms with E-state index < -0.39 is 12.7 Å². The van der Waals surface area contributed by atoms with Gasteiger partial charge in [0.2, 0.25) is 0 Å². The van der Waals surface area contributed by atoms with E-state index in [0.717, 1.165) is 31.8 Å². The average molecular weight is 417 g/mol. The lowest BCUT2D eigenvalue weighted by Crippen LogP contribution is -2.41. The van der Waals surface area contributed by atoms with Crippen LogP contribution < -0.4 is 10.6 Å². The Morgan fingerprint density at radius 3 is 2.57 bits per heavy atom. The Labute approximate surface area is 170 Å². The molecule has 8 heteroatoms. The number of aryl methyl sites for hydroxylation is 1. The molecular formula is C20H31F3N4S. The highest BCUT2D eigenvalue weighted by Crippen LogP contribution is 2.24. The smallest absolute Gasteiger partial charge is 0.356 e. The van der Waals surface area contributed by atoms with Gasteiger partial charge in [-0.3, -0.25) is 9.89 Å². The summed E-state index contributed by atoms with van der Waals surface area (Å²) in [6, 6.07) is 6.43. The topological polar surface area (TPSA) is 39.7 Å². The van der Waals surface area contributed by atoms with Crippen molar-refractivity contribution in [2.45, 2.75) is 43.8 Å². The molecule has 28 heavy (non-hydrogen) atoms. The summed E-state index contributed by atoms with van der Waals surface area (Å²) in [6.07, 6.45) is 0.571. The van der Waals surface area contributed by atoms with E-state index in [-0.39, 0.29) is 0 Å². The molecule has 0 bridgehead atoms. The molecule has 158 valence electrons. The third kappa shape index (κ3) is 7.91. The standard InChI is InChI=1S/C20H31F3N4S/c1-15-4-5-17(18(12-15)28-3)13-26-19(24-2)25-9-6-16-7-10-27(11-8-16)14-20(21,22)23/h4-5,12,16H,6-11,13-14H2,1-3H3,(H2,24,25,26). The van der Waals surface area contributed by atoms with Crippen LogP contribution in [0.1, 0.15) is 30.4 Å². The third-order valence-electron chi connectivity index (χ3n) is 5.07. The van der Waals surface area contributed by atoms with Gasteiger partial charge < -0.3 is 10.6 Å². The van der Waals surface area contributed by atoms with E-state index >= 15 is 0 Å². The molecule has 0 spiro atoms. The number of hydrogen-bond donors (Lipinski definition) is 2. The number of guanidine groups is 1. The zero-order valence-electron chi connectivity index (χ0n) is 16.9. The highest BCUT2D eigenvalue weighted by atomic mass is 32.2. The van der Waals surface area contributed by atoms with E-state index in [1.165, 1.54) is 20.9 Å². The van der Waals surface area contributed by atoms with Crippen LogP contribution in [-0.4, -0.2) is 56.5 Å². The summed E-state index contributed by atoms with van der Waals surface area (Å²) in [5.74, 6) is 1.22. The molecule has 0 unspecified atom stereocenters. The minimum Gasteiger partial charge on any atom is -0.356 e. The summed E-state index contributed by atoms with van der Waals surface area (Å²) in [5, 5.41) is 6.67. The van der Waals surface area contributed by atoms with Crippen molar-refractivity contribution in [1.82, 2.24) is 15.5 Å². The van der Waals surface area contributed by atoms with Crippen molar-refractivity contribution in [3.63, 3.8) is 0 Å². The van der Waals surface area contributed by atoms with Gasteiger partial charge in [-0.15, -0.1) is 11.8 Å². The van der Waals surface area contributed by atoms with Crippen LogP contribution in [0.5, 0.6) is 0 Å². The van der Waals surface area contributed by atoms with Crippen molar-refractivity contribution < 1.29 is 13.2 Å². The van der Waals surface area contributed by atoms with Crippen LogP contribution in [0.3, 0.4) is 0 Å². The van der Waals surface area contributed by atoms with Crippen LogP contribution in [-0.2, 0) is 6.54 Å². The fourth-order valence-electron chi connectivity index (χ4n) is 3.48. The lowest BCUT2D eigenvalue weighted by Gasteiger charge is -2.32. The summed E-state index contributed by atoms with van der Waals surface area (Å²) in [5.41, 5.74) is 2.48. The minimum atomic E-state index is -4.10. The first-order valence-electron chi connectivity index (χ1n) is 9.68. The van der Waals surface area contributed by atoms with Crippen LogP contribution in [0.25, 0.3) is 0 Å². The Hall–Kier alpha value is -1.41. The van der Waals surface area contributed by atoms with E-state index in [9.17, 15) is 13.2 Å². The summed E-state index contributed by atoms with van der Waals surface area (Å²) < 4.78 is 37.4. The molecule has 1 aliphatic heterocycles. The predicted molar refractivity (Wildman–Crippen MR) is 111 cm³/mol. The van der Waals surface area contributed by atoms with Crippen molar-refractivity contribution in [1.29, 1.82) is 0 Å². The predicted octanol–water partition coefficient (Wildman–Crippen LogP) is 4.05. The Bertz CT molecular complexity index is 641. The molecule has 1 aliphatic rings. The van der Waals surface area contributed by atoms with Gasteiger partial charge in [0.1, 0.15) is 0 Å². The van der Waals surface area contributed by atoms with Crippen LogP contribution in [0.2, 0.25) is 0 Å². The second-order valence-electron chi connectivity index (χ2n) is 7.29. The monoisotopic (exact) mass is 416 g/mol. The quantitative estimate of drug-likeness (QED) is 0.400. The van der Waals surface area contributed by atoms with Gasteiger partial charge in [0.05, 0.1) is 6.54 Å². The first-order valence-corrected chi connectivity index (χ1v) is 10.9. The van der Waals surface area contributed by atoms with E-state index in [1.54, 1.807) is 18.8 Å². The molecule has 4 nitrogen and oxygen atoms in total. The van der Waals surface area contributed by atoms with Gasteiger partial charge in [0.25, 0.3) is 0 Å². The molecule has 2 N–H and O–H groups in total. The van der Waals surface area contributed by atoms with Crippen molar-refractivity contribution in [2.75, 3.05) is 39.5 Å². The van der Waals surface area contributed by atoms with Crippen molar-refractivity contribution >= 4 is 17.7 Å². The second-order valence-corrected chi connectivity index (χ2v) is 8.14. The second kappa shape index (κ2) is 11.0. The molecule has 1 saturated heterocycles. The third-order valence-corrected chi connectivity index (χ3v) is 5.89. The number of alkyl halides is 3. The molecule has 0 atom stereocenters. The molecule has 0 aliphatic carbocycles. The highest BCUT2D eigenvalue weighted by Gasteiger charge is 2.32. The van der Waals surface area contributed by atoms with E-state index in [1.807, 2.05) is 0 Å². The maximum atomic E-state index is 12.5. The number of benzene rings is 1. The number of halogens is 3. The average Bonchev–Trinajstić information content (AvgIpc) is 2.65. The van der Waals surface area contributed by atoms with E-state index in [2.05, 4.69) is 47.0 Å². The first-order chi connectivity index (χ1) is 13.3. The summed E-state index contributed by atoms with van der Waals surface area (Å²) >= 11 is 1.73. The molecule has 0 saturated carbocycles. The molecule has 2 rings (SSSR count). The van der Waals surface area contributed by atoms with Crippen LogP contribution in [0.15, 0.2) is 28.1 Å². The summed E-state index contributed by atoms with van der Waals surface area (Å²) in [7, 11) is 1.75. The number of likely N-dealkylation sites (tertiary alicyclic amines) is 1. The normalized spacial score (nSPS) is 17.0. The number of hydrogen-bond acceptors (Lipinski definition) is 3. The Morgan fingerprint density at radius 2 is 1.96 bits per heavy atom. The molecule has 0 radical (unpaired) electrons. The van der Waals surface area contributed by atoms with Gasteiger partial charge in [-0.05, 0) is 68.6 Å².